The van der Waals surface area contributed by atoms with Crippen LogP contribution in [0, 0.1) is 19.8 Å². The maximum atomic E-state index is 15.2. The lowest BCUT2D eigenvalue weighted by Crippen LogP contribution is -2.50. The Labute approximate surface area is 285 Å². The molecule has 1 N–H and O–H groups in total. The van der Waals surface area contributed by atoms with Crippen LogP contribution >= 0.6 is 0 Å². The zero-order valence-corrected chi connectivity index (χ0v) is 29.2. The maximum absolute atomic E-state index is 15.2. The van der Waals surface area contributed by atoms with Crippen LogP contribution in [0.5, 0.6) is 40.2 Å². The first kappa shape index (κ1) is 33.5. The van der Waals surface area contributed by atoms with E-state index in [0.717, 1.165) is 16.3 Å². The number of hydrogen-bond donors (Lipinski definition) is 1. The first-order chi connectivity index (χ1) is 23.5. The lowest BCUT2D eigenvalue weighted by atomic mass is 9.57. The molecule has 1 aliphatic carbocycles. The summed E-state index contributed by atoms with van der Waals surface area (Å²) in [5.74, 6) is 1.08. The molecule has 0 amide bonds. The third-order valence-corrected chi connectivity index (χ3v) is 10.2. The molecular formula is C40H40O9. The van der Waals surface area contributed by atoms with E-state index in [2.05, 4.69) is 0 Å². The van der Waals surface area contributed by atoms with E-state index in [1.807, 2.05) is 44.2 Å². The Balaban J connectivity index is 1.76. The summed E-state index contributed by atoms with van der Waals surface area (Å²) >= 11 is 0. The minimum absolute atomic E-state index is 0.0340. The molecule has 0 spiro atoms. The SMILES string of the molecule is COc1c(C)c(C[C@@H]2C(=O)c3cccc(O)c3C(=O)[C@@]2(C)c2c(C)c(OC)c3cccc(OC)c3c2OC)c(OC)c2c(OC)cccc12. The summed E-state index contributed by atoms with van der Waals surface area (Å²) in [5.41, 5.74) is 1.05. The number of benzene rings is 5. The number of methoxy groups -OCH3 is 6. The molecule has 49 heavy (non-hydrogen) atoms. The van der Waals surface area contributed by atoms with Crippen LogP contribution in [0.25, 0.3) is 21.5 Å². The number of hydrogen-bond acceptors (Lipinski definition) is 9. The summed E-state index contributed by atoms with van der Waals surface area (Å²) in [7, 11) is 9.41. The fourth-order valence-electron chi connectivity index (χ4n) is 7.99. The smallest absolute Gasteiger partial charge is 0.178 e. The van der Waals surface area contributed by atoms with E-state index >= 15 is 4.79 Å². The molecular weight excluding hydrogens is 624 g/mol. The lowest BCUT2D eigenvalue weighted by molar-refractivity contribution is 0.0690. The highest BCUT2D eigenvalue weighted by Gasteiger charge is 2.55. The molecule has 0 bridgehead atoms. The molecule has 0 unspecified atom stereocenters. The van der Waals surface area contributed by atoms with Crippen LogP contribution in [0.15, 0.2) is 54.6 Å². The number of carbonyl (C=O) groups excluding carboxylic acids is 2. The van der Waals surface area contributed by atoms with Crippen molar-refractivity contribution in [1.82, 2.24) is 0 Å². The maximum Gasteiger partial charge on any atom is 0.178 e. The van der Waals surface area contributed by atoms with Crippen molar-refractivity contribution in [2.45, 2.75) is 32.6 Å². The number of phenolic OH excluding ortho intramolecular Hbond substituents is 1. The van der Waals surface area contributed by atoms with E-state index in [0.29, 0.717) is 62.0 Å². The average molecular weight is 665 g/mol. The summed E-state index contributed by atoms with van der Waals surface area (Å²) in [4.78, 5) is 30.1. The van der Waals surface area contributed by atoms with Gasteiger partial charge in [0.1, 0.15) is 40.2 Å². The van der Waals surface area contributed by atoms with Crippen molar-refractivity contribution >= 4 is 33.1 Å². The Morgan fingerprint density at radius 3 is 1.69 bits per heavy atom. The molecule has 0 saturated carbocycles. The van der Waals surface area contributed by atoms with E-state index in [1.54, 1.807) is 60.7 Å². The number of ketones is 2. The van der Waals surface area contributed by atoms with Gasteiger partial charge in [-0.1, -0.05) is 36.4 Å². The molecule has 0 heterocycles. The highest BCUT2D eigenvalue weighted by Crippen LogP contribution is 2.56. The van der Waals surface area contributed by atoms with Gasteiger partial charge in [-0.25, -0.2) is 0 Å². The minimum Gasteiger partial charge on any atom is -0.507 e. The lowest BCUT2D eigenvalue weighted by Gasteiger charge is -2.42. The predicted octanol–water partition coefficient (Wildman–Crippen LogP) is 7.56. The van der Waals surface area contributed by atoms with Crippen molar-refractivity contribution in [3.05, 3.63) is 88.0 Å². The second kappa shape index (κ2) is 12.5. The summed E-state index contributed by atoms with van der Waals surface area (Å²) in [6.45, 7) is 5.52. The zero-order valence-electron chi connectivity index (χ0n) is 29.2. The molecule has 0 saturated heterocycles. The van der Waals surface area contributed by atoms with Crippen LogP contribution in [0.2, 0.25) is 0 Å². The third-order valence-electron chi connectivity index (χ3n) is 10.2. The van der Waals surface area contributed by atoms with E-state index < -0.39 is 17.1 Å². The summed E-state index contributed by atoms with van der Waals surface area (Å²) in [6, 6.07) is 15.8. The van der Waals surface area contributed by atoms with E-state index in [-0.39, 0.29) is 29.1 Å². The van der Waals surface area contributed by atoms with Crippen molar-refractivity contribution < 1.29 is 43.1 Å². The van der Waals surface area contributed by atoms with E-state index in [9.17, 15) is 9.90 Å². The highest BCUT2D eigenvalue weighted by atomic mass is 16.5. The molecule has 5 aromatic carbocycles. The standard InChI is InChI=1S/C40H40O9/c1-20-25(37(48-8)31-23(35(20)46-6)14-11-17-28(31)44-4)19-26-34(42)22-13-10-16-27(41)30(22)39(43)40(26,3)33-21(2)36(47-7)24-15-12-18-29(45-5)32(24)38(33)49-9/h10-18,26,41H,19H2,1-9H3/t26-,40-/m1/s1. The van der Waals surface area contributed by atoms with Gasteiger partial charge in [-0.3, -0.25) is 9.59 Å². The van der Waals surface area contributed by atoms with Gasteiger partial charge in [0.05, 0.1) is 64.4 Å². The highest BCUT2D eigenvalue weighted by molar-refractivity contribution is 6.22. The predicted molar refractivity (Wildman–Crippen MR) is 188 cm³/mol. The number of phenols is 1. The third kappa shape index (κ3) is 4.66. The fourth-order valence-corrected chi connectivity index (χ4v) is 7.99. The van der Waals surface area contributed by atoms with E-state index in [1.165, 1.54) is 13.2 Å². The van der Waals surface area contributed by atoms with Crippen LogP contribution in [0.4, 0.5) is 0 Å². The fraction of sp³-hybridized carbons (Fsp3) is 0.300. The second-order valence-corrected chi connectivity index (χ2v) is 12.4. The molecule has 1 aliphatic rings. The normalized spacial score (nSPS) is 17.2. The molecule has 0 aliphatic heterocycles. The molecule has 9 heteroatoms. The summed E-state index contributed by atoms with van der Waals surface area (Å²) in [6.07, 6.45) is 0.0738. The van der Waals surface area contributed by atoms with Gasteiger partial charge < -0.3 is 33.5 Å². The molecule has 2 atom stereocenters. The van der Waals surface area contributed by atoms with Crippen molar-refractivity contribution in [1.29, 1.82) is 0 Å². The Morgan fingerprint density at radius 1 is 0.653 bits per heavy atom. The number of fused-ring (bicyclic) bond motifs is 3. The van der Waals surface area contributed by atoms with Crippen LogP contribution in [-0.4, -0.2) is 59.3 Å². The number of aromatic hydroxyl groups is 1. The topological polar surface area (TPSA) is 110 Å². The number of rotatable bonds is 9. The molecule has 254 valence electrons. The number of ether oxygens (including phenoxy) is 6. The van der Waals surface area contributed by atoms with Crippen LogP contribution in [0.3, 0.4) is 0 Å². The largest absolute Gasteiger partial charge is 0.507 e. The number of carbonyl (C=O) groups is 2. The Morgan fingerprint density at radius 2 is 1.16 bits per heavy atom. The van der Waals surface area contributed by atoms with Crippen LogP contribution < -0.4 is 28.4 Å². The summed E-state index contributed by atoms with van der Waals surface area (Å²) in [5, 5.41) is 13.9. The van der Waals surface area contributed by atoms with Gasteiger partial charge in [-0.15, -0.1) is 0 Å². The van der Waals surface area contributed by atoms with Gasteiger partial charge in [0.2, 0.25) is 0 Å². The van der Waals surface area contributed by atoms with Crippen LogP contribution in [0.1, 0.15) is 49.9 Å². The molecule has 0 aromatic heterocycles. The van der Waals surface area contributed by atoms with Crippen molar-refractivity contribution in [3.63, 3.8) is 0 Å². The van der Waals surface area contributed by atoms with Gasteiger partial charge >= 0.3 is 0 Å². The first-order valence-electron chi connectivity index (χ1n) is 15.9. The Kier molecular flexibility index (Phi) is 8.56. The minimum atomic E-state index is -1.58. The van der Waals surface area contributed by atoms with Gasteiger partial charge in [0.25, 0.3) is 0 Å². The van der Waals surface area contributed by atoms with Gasteiger partial charge in [0.15, 0.2) is 11.6 Å². The second-order valence-electron chi connectivity index (χ2n) is 12.4. The molecule has 0 radical (unpaired) electrons. The van der Waals surface area contributed by atoms with Gasteiger partial charge in [-0.05, 0) is 56.5 Å². The molecule has 9 nitrogen and oxygen atoms in total. The van der Waals surface area contributed by atoms with Crippen LogP contribution in [-0.2, 0) is 11.8 Å². The Bertz CT molecular complexity index is 2170. The molecule has 0 fully saturated rings. The summed E-state index contributed by atoms with van der Waals surface area (Å²) < 4.78 is 35.8. The monoisotopic (exact) mass is 664 g/mol. The Hall–Kier alpha value is -5.44. The van der Waals surface area contributed by atoms with Gasteiger partial charge in [0, 0.05) is 33.4 Å². The van der Waals surface area contributed by atoms with Gasteiger partial charge in [-0.2, -0.15) is 0 Å². The quantitative estimate of drug-likeness (QED) is 0.171. The average Bonchev–Trinajstić information content (AvgIpc) is 3.11. The molecule has 5 aromatic rings. The van der Waals surface area contributed by atoms with Crippen molar-refractivity contribution in [2.24, 2.45) is 5.92 Å². The van der Waals surface area contributed by atoms with Crippen molar-refractivity contribution in [3.8, 4) is 40.2 Å². The zero-order chi connectivity index (χ0) is 35.4. The molecule has 6 rings (SSSR count). The first-order valence-corrected chi connectivity index (χ1v) is 15.9. The van der Waals surface area contributed by atoms with E-state index in [4.69, 9.17) is 28.4 Å². The number of Topliss-reactive ketones (excluding diaryl/α,β-unsaturated/α-hetero) is 2. The van der Waals surface area contributed by atoms with Crippen molar-refractivity contribution in [2.75, 3.05) is 42.7 Å².